The van der Waals surface area contributed by atoms with Crippen molar-refractivity contribution in [2.45, 2.75) is 44.7 Å². The summed E-state index contributed by atoms with van der Waals surface area (Å²) in [6.45, 7) is 4.29. The molecular formula is C13H26N2O3. The Morgan fingerprint density at radius 3 is 2.44 bits per heavy atom. The molecule has 0 unspecified atom stereocenters. The highest BCUT2D eigenvalue weighted by molar-refractivity contribution is 5.77. The first-order valence-electron chi connectivity index (χ1n) is 6.85. The van der Waals surface area contributed by atoms with Crippen LogP contribution in [0.5, 0.6) is 0 Å². The van der Waals surface area contributed by atoms with Crippen molar-refractivity contribution in [3.05, 3.63) is 0 Å². The summed E-state index contributed by atoms with van der Waals surface area (Å²) < 4.78 is 10.0. The third-order valence-electron chi connectivity index (χ3n) is 3.25. The summed E-state index contributed by atoms with van der Waals surface area (Å²) in [5.74, 6) is -0.0157. The fourth-order valence-corrected chi connectivity index (χ4v) is 2.31. The maximum absolute atomic E-state index is 11.6. The molecule has 0 aromatic rings. The van der Waals surface area contributed by atoms with E-state index in [9.17, 15) is 4.79 Å². The van der Waals surface area contributed by atoms with E-state index in [4.69, 9.17) is 9.47 Å². The maximum atomic E-state index is 11.6. The zero-order chi connectivity index (χ0) is 13.2. The number of ether oxygens (including phenoxy) is 2. The molecule has 1 amide bonds. The first-order chi connectivity index (χ1) is 8.76. The van der Waals surface area contributed by atoms with Crippen LogP contribution >= 0.6 is 0 Å². The Morgan fingerprint density at radius 2 is 1.83 bits per heavy atom. The van der Waals surface area contributed by atoms with Gasteiger partial charge < -0.3 is 20.1 Å². The number of carbonyl (C=O) groups excluding carboxylic acids is 1. The molecule has 1 fully saturated rings. The highest BCUT2D eigenvalue weighted by Gasteiger charge is 2.21. The molecule has 5 heteroatoms. The molecule has 18 heavy (non-hydrogen) atoms. The van der Waals surface area contributed by atoms with Gasteiger partial charge in [-0.2, -0.15) is 0 Å². The van der Waals surface area contributed by atoms with Gasteiger partial charge in [-0.3, -0.25) is 4.79 Å². The zero-order valence-electron chi connectivity index (χ0n) is 11.5. The molecule has 5 nitrogen and oxygen atoms in total. The summed E-state index contributed by atoms with van der Waals surface area (Å²) in [4.78, 5) is 11.6. The first kappa shape index (κ1) is 15.4. The van der Waals surface area contributed by atoms with E-state index in [-0.39, 0.29) is 12.5 Å². The largest absolute Gasteiger partial charge is 0.382 e. The molecule has 1 aliphatic carbocycles. The quantitative estimate of drug-likeness (QED) is 0.629. The summed E-state index contributed by atoms with van der Waals surface area (Å²) >= 11 is 0. The Labute approximate surface area is 110 Å². The van der Waals surface area contributed by atoms with E-state index in [0.717, 1.165) is 32.2 Å². The van der Waals surface area contributed by atoms with Gasteiger partial charge in [0.2, 0.25) is 5.91 Å². The predicted molar refractivity (Wildman–Crippen MR) is 70.6 cm³/mol. The number of hydrogen-bond donors (Lipinski definition) is 2. The van der Waals surface area contributed by atoms with Crippen molar-refractivity contribution in [3.8, 4) is 0 Å². The summed E-state index contributed by atoms with van der Waals surface area (Å²) in [5, 5.41) is 6.48. The molecule has 0 aromatic carbocycles. The lowest BCUT2D eigenvalue weighted by molar-refractivity contribution is -0.127. The molecule has 0 atom stereocenters. The Balaban J connectivity index is 2.07. The molecule has 0 bridgehead atoms. The SMILES string of the molecule is CCNC1CCC(NC(=O)COCCOC)CC1. The number of carbonyl (C=O) groups is 1. The number of rotatable bonds is 8. The van der Waals surface area contributed by atoms with Crippen LogP contribution < -0.4 is 10.6 Å². The van der Waals surface area contributed by atoms with E-state index in [1.54, 1.807) is 7.11 Å². The first-order valence-corrected chi connectivity index (χ1v) is 6.85. The Hall–Kier alpha value is -0.650. The maximum Gasteiger partial charge on any atom is 0.246 e. The summed E-state index contributed by atoms with van der Waals surface area (Å²) in [5.41, 5.74) is 0. The highest BCUT2D eigenvalue weighted by atomic mass is 16.5. The molecule has 0 aliphatic heterocycles. The van der Waals surface area contributed by atoms with Crippen LogP contribution in [-0.4, -0.2) is 51.5 Å². The van der Waals surface area contributed by atoms with Gasteiger partial charge in [-0.25, -0.2) is 0 Å². The van der Waals surface area contributed by atoms with Crippen molar-refractivity contribution < 1.29 is 14.3 Å². The monoisotopic (exact) mass is 258 g/mol. The van der Waals surface area contributed by atoms with Crippen LogP contribution in [0, 0.1) is 0 Å². The molecule has 0 radical (unpaired) electrons. The summed E-state index contributed by atoms with van der Waals surface area (Å²) in [6, 6.07) is 0.944. The van der Waals surface area contributed by atoms with Crippen molar-refractivity contribution in [1.29, 1.82) is 0 Å². The van der Waals surface area contributed by atoms with Crippen molar-refractivity contribution >= 4 is 5.91 Å². The molecule has 0 saturated heterocycles. The van der Waals surface area contributed by atoms with Crippen molar-refractivity contribution in [1.82, 2.24) is 10.6 Å². The number of amides is 1. The van der Waals surface area contributed by atoms with Gasteiger partial charge in [0, 0.05) is 19.2 Å². The fourth-order valence-electron chi connectivity index (χ4n) is 2.31. The second-order valence-electron chi connectivity index (χ2n) is 4.72. The van der Waals surface area contributed by atoms with Gasteiger partial charge in [0.05, 0.1) is 13.2 Å². The molecule has 2 N–H and O–H groups in total. The van der Waals surface area contributed by atoms with Crippen LogP contribution in [0.25, 0.3) is 0 Å². The van der Waals surface area contributed by atoms with E-state index in [1.807, 2.05) is 0 Å². The van der Waals surface area contributed by atoms with Crippen molar-refractivity contribution in [2.24, 2.45) is 0 Å². The predicted octanol–water partition coefficient (Wildman–Crippen LogP) is 0.686. The molecule has 0 heterocycles. The van der Waals surface area contributed by atoms with E-state index in [0.29, 0.717) is 25.3 Å². The molecular weight excluding hydrogens is 232 g/mol. The van der Waals surface area contributed by atoms with Gasteiger partial charge in [-0.1, -0.05) is 6.92 Å². The summed E-state index contributed by atoms with van der Waals surface area (Å²) in [6.07, 6.45) is 4.40. The fraction of sp³-hybridized carbons (Fsp3) is 0.923. The van der Waals surface area contributed by atoms with E-state index < -0.39 is 0 Å². The van der Waals surface area contributed by atoms with Gasteiger partial charge in [0.25, 0.3) is 0 Å². The zero-order valence-corrected chi connectivity index (χ0v) is 11.5. The van der Waals surface area contributed by atoms with Gasteiger partial charge in [0.1, 0.15) is 6.61 Å². The van der Waals surface area contributed by atoms with Crippen molar-refractivity contribution in [2.75, 3.05) is 33.5 Å². The Kier molecular flexibility index (Phi) is 7.96. The normalized spacial score (nSPS) is 23.9. The molecule has 0 spiro atoms. The average Bonchev–Trinajstić information content (AvgIpc) is 2.37. The molecule has 0 aromatic heterocycles. The van der Waals surface area contributed by atoms with Crippen molar-refractivity contribution in [3.63, 3.8) is 0 Å². The number of nitrogens with one attached hydrogen (secondary N) is 2. The van der Waals surface area contributed by atoms with E-state index >= 15 is 0 Å². The molecule has 106 valence electrons. The third-order valence-corrected chi connectivity index (χ3v) is 3.25. The minimum Gasteiger partial charge on any atom is -0.382 e. The third kappa shape index (κ3) is 6.33. The average molecular weight is 258 g/mol. The van der Waals surface area contributed by atoms with E-state index in [1.165, 1.54) is 0 Å². The molecule has 1 rings (SSSR count). The van der Waals surface area contributed by atoms with Gasteiger partial charge in [-0.05, 0) is 32.2 Å². The van der Waals surface area contributed by atoms with Crippen LogP contribution in [0.3, 0.4) is 0 Å². The lowest BCUT2D eigenvalue weighted by Gasteiger charge is -2.29. The highest BCUT2D eigenvalue weighted by Crippen LogP contribution is 2.18. The minimum absolute atomic E-state index is 0.0157. The minimum atomic E-state index is -0.0157. The second kappa shape index (κ2) is 9.30. The van der Waals surface area contributed by atoms with Crippen LogP contribution in [0.4, 0.5) is 0 Å². The number of methoxy groups -OCH3 is 1. The van der Waals surface area contributed by atoms with Gasteiger partial charge in [-0.15, -0.1) is 0 Å². The Bertz CT molecular complexity index is 228. The van der Waals surface area contributed by atoms with Crippen LogP contribution in [0.2, 0.25) is 0 Å². The van der Waals surface area contributed by atoms with Crippen LogP contribution in [-0.2, 0) is 14.3 Å². The topological polar surface area (TPSA) is 59.6 Å². The molecule has 1 aliphatic rings. The van der Waals surface area contributed by atoms with Gasteiger partial charge >= 0.3 is 0 Å². The summed E-state index contributed by atoms with van der Waals surface area (Å²) in [7, 11) is 1.62. The Morgan fingerprint density at radius 1 is 1.17 bits per heavy atom. The van der Waals surface area contributed by atoms with E-state index in [2.05, 4.69) is 17.6 Å². The lowest BCUT2D eigenvalue weighted by atomic mass is 9.91. The lowest BCUT2D eigenvalue weighted by Crippen LogP contribution is -2.43. The second-order valence-corrected chi connectivity index (χ2v) is 4.72. The molecule has 1 saturated carbocycles. The smallest absolute Gasteiger partial charge is 0.246 e. The van der Waals surface area contributed by atoms with Crippen LogP contribution in [0.1, 0.15) is 32.6 Å². The standard InChI is InChI=1S/C13H26N2O3/c1-3-14-11-4-6-12(7-5-11)15-13(16)10-18-9-8-17-2/h11-12,14H,3-10H2,1-2H3,(H,15,16). The number of hydrogen-bond acceptors (Lipinski definition) is 4. The van der Waals surface area contributed by atoms with Crippen LogP contribution in [0.15, 0.2) is 0 Å². The van der Waals surface area contributed by atoms with Gasteiger partial charge in [0.15, 0.2) is 0 Å².